The second-order valence-electron chi connectivity index (χ2n) is 7.36. The van der Waals surface area contributed by atoms with Gasteiger partial charge in [0.05, 0.1) is 19.9 Å². The number of carbonyl (C=O) groups excluding carboxylic acids is 2. The summed E-state index contributed by atoms with van der Waals surface area (Å²) >= 11 is 5.31. The van der Waals surface area contributed by atoms with Crippen LogP contribution in [-0.4, -0.2) is 40.7 Å². The van der Waals surface area contributed by atoms with E-state index in [0.29, 0.717) is 17.2 Å². The number of aromatic nitrogens is 2. The number of nitrogens with one attached hydrogen (secondary N) is 1. The van der Waals surface area contributed by atoms with Gasteiger partial charge < -0.3 is 14.0 Å². The van der Waals surface area contributed by atoms with Gasteiger partial charge in [0.2, 0.25) is 0 Å². The molecule has 33 heavy (non-hydrogen) atoms. The van der Waals surface area contributed by atoms with E-state index in [2.05, 4.69) is 10.3 Å². The van der Waals surface area contributed by atoms with Crippen molar-refractivity contribution < 1.29 is 19.1 Å². The molecule has 9 heteroatoms. The van der Waals surface area contributed by atoms with Gasteiger partial charge in [-0.05, 0) is 68.0 Å². The van der Waals surface area contributed by atoms with Crippen molar-refractivity contribution in [1.29, 1.82) is 0 Å². The Bertz CT molecular complexity index is 1300. The molecule has 0 aliphatic carbocycles. The summed E-state index contributed by atoms with van der Waals surface area (Å²) in [5.41, 5.74) is 3.90. The third-order valence-corrected chi connectivity index (χ3v) is 5.71. The lowest BCUT2D eigenvalue weighted by atomic mass is 10.1. The van der Waals surface area contributed by atoms with E-state index in [1.165, 1.54) is 19.1 Å². The Kier molecular flexibility index (Phi) is 5.97. The first kappa shape index (κ1) is 22.2. The number of carbonyl (C=O) groups is 2. The average molecular weight is 463 g/mol. The zero-order valence-electron chi connectivity index (χ0n) is 18.6. The fraction of sp³-hybridized carbons (Fsp3) is 0.167. The number of anilines is 1. The summed E-state index contributed by atoms with van der Waals surface area (Å²) in [4.78, 5) is 31.5. The lowest BCUT2D eigenvalue weighted by Crippen LogP contribution is -2.54. The van der Waals surface area contributed by atoms with Gasteiger partial charge in [-0.2, -0.15) is 0 Å². The number of amides is 2. The maximum absolute atomic E-state index is 13.5. The van der Waals surface area contributed by atoms with E-state index in [1.807, 2.05) is 36.6 Å². The number of hydrogen-bond acceptors (Lipinski definition) is 6. The predicted octanol–water partition coefficient (Wildman–Crippen LogP) is 3.34. The number of aryl methyl sites for hydroxylation is 1. The number of hydrogen-bond donors (Lipinski definition) is 1. The molecule has 1 aliphatic heterocycles. The fourth-order valence-electron chi connectivity index (χ4n) is 3.83. The minimum atomic E-state index is -0.553. The highest BCUT2D eigenvalue weighted by atomic mass is 32.1. The molecule has 0 radical (unpaired) electrons. The minimum Gasteiger partial charge on any atom is -0.497 e. The minimum absolute atomic E-state index is 0.0205. The third kappa shape index (κ3) is 3.98. The summed E-state index contributed by atoms with van der Waals surface area (Å²) < 4.78 is 12.7. The van der Waals surface area contributed by atoms with E-state index in [0.717, 1.165) is 22.6 Å². The largest absolute Gasteiger partial charge is 0.497 e. The Balaban J connectivity index is 1.77. The zero-order valence-corrected chi connectivity index (χ0v) is 19.4. The smallest absolute Gasteiger partial charge is 0.270 e. The van der Waals surface area contributed by atoms with Crippen LogP contribution in [0.2, 0.25) is 0 Å². The van der Waals surface area contributed by atoms with Gasteiger partial charge in [0.25, 0.3) is 11.8 Å². The van der Waals surface area contributed by atoms with Crippen LogP contribution < -0.4 is 19.7 Å². The van der Waals surface area contributed by atoms with E-state index in [1.54, 1.807) is 36.7 Å². The highest BCUT2D eigenvalue weighted by molar-refractivity contribution is 7.80. The van der Waals surface area contributed by atoms with E-state index < -0.39 is 11.8 Å². The van der Waals surface area contributed by atoms with Crippen LogP contribution in [0.1, 0.15) is 17.0 Å². The van der Waals surface area contributed by atoms with Crippen molar-refractivity contribution in [3.63, 3.8) is 0 Å². The number of ether oxygens (including phenoxy) is 2. The molecular weight excluding hydrogens is 440 g/mol. The normalized spacial score (nSPS) is 15.1. The molecule has 0 saturated carbocycles. The standard InChI is InChI=1S/C24H22N4O4S/c1-14-11-16(15(2)27(14)17-7-9-25-10-8-17)12-19-22(29)26-24(33)28(23(19)30)20-6-5-18(31-3)13-21(20)32-4/h5-13H,1-4H3,(H,26,29,33)/b19-12+. The Hall–Kier alpha value is -3.98. The highest BCUT2D eigenvalue weighted by Crippen LogP contribution is 2.34. The number of nitrogens with zero attached hydrogens (tertiary/aromatic N) is 3. The van der Waals surface area contributed by atoms with Gasteiger partial charge in [-0.15, -0.1) is 0 Å². The van der Waals surface area contributed by atoms with Gasteiger partial charge in [-0.1, -0.05) is 0 Å². The van der Waals surface area contributed by atoms with Crippen molar-refractivity contribution in [2.75, 3.05) is 19.1 Å². The average Bonchev–Trinajstić information content (AvgIpc) is 3.09. The molecule has 2 aromatic heterocycles. The van der Waals surface area contributed by atoms with Crippen molar-refractivity contribution in [3.05, 3.63) is 71.3 Å². The van der Waals surface area contributed by atoms with E-state index >= 15 is 0 Å². The molecule has 2 amide bonds. The monoisotopic (exact) mass is 462 g/mol. The summed E-state index contributed by atoms with van der Waals surface area (Å²) in [7, 11) is 3.02. The van der Waals surface area contributed by atoms with Gasteiger partial charge in [0, 0.05) is 35.5 Å². The second-order valence-corrected chi connectivity index (χ2v) is 7.75. The number of thiocarbonyl (C=S) groups is 1. The summed E-state index contributed by atoms with van der Waals surface area (Å²) in [5.74, 6) is -0.144. The van der Waals surface area contributed by atoms with Crippen LogP contribution in [0.15, 0.2) is 54.4 Å². The number of methoxy groups -OCH3 is 2. The van der Waals surface area contributed by atoms with E-state index in [9.17, 15) is 9.59 Å². The van der Waals surface area contributed by atoms with Crippen LogP contribution >= 0.6 is 12.2 Å². The van der Waals surface area contributed by atoms with Crippen molar-refractivity contribution in [3.8, 4) is 17.2 Å². The third-order valence-electron chi connectivity index (χ3n) is 5.42. The number of benzene rings is 1. The van der Waals surface area contributed by atoms with E-state index in [4.69, 9.17) is 21.7 Å². The molecule has 1 aromatic carbocycles. The van der Waals surface area contributed by atoms with Crippen LogP contribution in [0.4, 0.5) is 5.69 Å². The molecule has 1 aliphatic rings. The van der Waals surface area contributed by atoms with Crippen LogP contribution in [-0.2, 0) is 9.59 Å². The van der Waals surface area contributed by atoms with Crippen molar-refractivity contribution >= 4 is 40.9 Å². The number of pyridine rings is 1. The maximum Gasteiger partial charge on any atom is 0.270 e. The summed E-state index contributed by atoms with van der Waals surface area (Å²) in [5, 5.41) is 2.59. The van der Waals surface area contributed by atoms with Crippen molar-refractivity contribution in [2.45, 2.75) is 13.8 Å². The molecule has 8 nitrogen and oxygen atoms in total. The first-order valence-electron chi connectivity index (χ1n) is 10.1. The molecule has 1 N–H and O–H groups in total. The fourth-order valence-corrected chi connectivity index (χ4v) is 4.10. The predicted molar refractivity (Wildman–Crippen MR) is 129 cm³/mol. The van der Waals surface area contributed by atoms with Gasteiger partial charge in [0.1, 0.15) is 17.1 Å². The van der Waals surface area contributed by atoms with Crippen LogP contribution in [0.25, 0.3) is 11.8 Å². The van der Waals surface area contributed by atoms with Crippen molar-refractivity contribution in [1.82, 2.24) is 14.9 Å². The summed E-state index contributed by atoms with van der Waals surface area (Å²) in [6, 6.07) is 10.7. The van der Waals surface area contributed by atoms with Crippen molar-refractivity contribution in [2.24, 2.45) is 0 Å². The zero-order chi connectivity index (χ0) is 23.7. The summed E-state index contributed by atoms with van der Waals surface area (Å²) in [6.45, 7) is 3.89. The summed E-state index contributed by atoms with van der Waals surface area (Å²) in [6.07, 6.45) is 5.01. The van der Waals surface area contributed by atoms with E-state index in [-0.39, 0.29) is 10.7 Å². The molecule has 3 aromatic rings. The lowest BCUT2D eigenvalue weighted by molar-refractivity contribution is -0.122. The molecule has 0 unspecified atom stereocenters. The Morgan fingerprint density at radius 3 is 2.42 bits per heavy atom. The Morgan fingerprint density at radius 1 is 1.03 bits per heavy atom. The van der Waals surface area contributed by atoms with Crippen LogP contribution in [0.3, 0.4) is 0 Å². The molecular formula is C24H22N4O4S. The molecule has 1 fully saturated rings. The molecule has 4 rings (SSSR count). The highest BCUT2D eigenvalue weighted by Gasteiger charge is 2.36. The molecule has 0 bridgehead atoms. The van der Waals surface area contributed by atoms with Gasteiger partial charge >= 0.3 is 0 Å². The first-order chi connectivity index (χ1) is 15.8. The molecule has 3 heterocycles. The Labute approximate surface area is 196 Å². The van der Waals surface area contributed by atoms with Gasteiger partial charge in [-0.25, -0.2) is 4.90 Å². The van der Waals surface area contributed by atoms with Crippen LogP contribution in [0, 0.1) is 13.8 Å². The molecule has 0 atom stereocenters. The Morgan fingerprint density at radius 2 is 1.76 bits per heavy atom. The maximum atomic E-state index is 13.5. The molecule has 168 valence electrons. The topological polar surface area (TPSA) is 85.7 Å². The second kappa shape index (κ2) is 8.87. The first-order valence-corrected chi connectivity index (χ1v) is 10.5. The van der Waals surface area contributed by atoms with Gasteiger partial charge in [-0.3, -0.25) is 19.9 Å². The molecule has 1 saturated heterocycles. The lowest BCUT2D eigenvalue weighted by Gasteiger charge is -2.30. The van der Waals surface area contributed by atoms with Crippen LogP contribution in [0.5, 0.6) is 11.5 Å². The van der Waals surface area contributed by atoms with Gasteiger partial charge in [0.15, 0.2) is 5.11 Å². The SMILES string of the molecule is COc1ccc(N2C(=O)/C(=C/c3cc(C)n(-c4ccncc4)c3C)C(=O)NC2=S)c(OC)c1. The number of rotatable bonds is 5. The quantitative estimate of drug-likeness (QED) is 0.356. The molecule has 0 spiro atoms.